The van der Waals surface area contributed by atoms with E-state index >= 15 is 0 Å². The molecule has 0 saturated heterocycles. The molecule has 8 nitrogen and oxygen atoms in total. The smallest absolute Gasteiger partial charge is 0.408 e. The zero-order chi connectivity index (χ0) is 13.3. The Balaban J connectivity index is 2.29. The molecule has 9 heteroatoms. The van der Waals surface area contributed by atoms with Crippen LogP contribution in [0.25, 0.3) is 0 Å². The van der Waals surface area contributed by atoms with Crippen LogP contribution in [0.4, 0.5) is 5.82 Å². The summed E-state index contributed by atoms with van der Waals surface area (Å²) in [6, 6.07) is 1.29. The number of aromatic carboxylic acids is 1. The SMILES string of the molecule is O=C(O)c1ccoc1Cn1cc(Cl)c([N+](=O)[O-])n1. The van der Waals surface area contributed by atoms with Crippen molar-refractivity contribution in [2.24, 2.45) is 0 Å². The Morgan fingerprint density at radius 3 is 2.94 bits per heavy atom. The van der Waals surface area contributed by atoms with Crippen LogP contribution >= 0.6 is 11.6 Å². The molecule has 0 aliphatic rings. The summed E-state index contributed by atoms with van der Waals surface area (Å²) in [5.74, 6) is -1.50. The predicted molar refractivity (Wildman–Crippen MR) is 58.7 cm³/mol. The van der Waals surface area contributed by atoms with Gasteiger partial charge in [0.15, 0.2) is 5.02 Å². The van der Waals surface area contributed by atoms with Crippen molar-refractivity contribution in [3.8, 4) is 0 Å². The summed E-state index contributed by atoms with van der Waals surface area (Å²) in [5, 5.41) is 22.9. The number of carboxylic acids is 1. The van der Waals surface area contributed by atoms with E-state index in [4.69, 9.17) is 21.1 Å². The molecule has 0 aliphatic carbocycles. The monoisotopic (exact) mass is 271 g/mol. The lowest BCUT2D eigenvalue weighted by atomic mass is 10.2. The second-order valence-corrected chi connectivity index (χ2v) is 3.73. The fourth-order valence-corrected chi connectivity index (χ4v) is 1.61. The van der Waals surface area contributed by atoms with E-state index < -0.39 is 16.7 Å². The van der Waals surface area contributed by atoms with Crippen molar-refractivity contribution >= 4 is 23.4 Å². The highest BCUT2D eigenvalue weighted by Crippen LogP contribution is 2.22. The normalized spacial score (nSPS) is 10.5. The van der Waals surface area contributed by atoms with Gasteiger partial charge in [-0.25, -0.2) is 4.79 Å². The second kappa shape index (κ2) is 4.49. The fraction of sp³-hybridized carbons (Fsp3) is 0.111. The maximum absolute atomic E-state index is 10.8. The number of halogens is 1. The maximum Gasteiger partial charge on any atom is 0.408 e. The fourth-order valence-electron chi connectivity index (χ4n) is 1.39. The van der Waals surface area contributed by atoms with Crippen LogP contribution in [-0.4, -0.2) is 25.8 Å². The number of hydrogen-bond donors (Lipinski definition) is 1. The quantitative estimate of drug-likeness (QED) is 0.670. The van der Waals surface area contributed by atoms with Crippen molar-refractivity contribution in [1.82, 2.24) is 9.78 Å². The van der Waals surface area contributed by atoms with Crippen LogP contribution in [0.1, 0.15) is 16.1 Å². The van der Waals surface area contributed by atoms with Crippen LogP contribution in [0.5, 0.6) is 0 Å². The topological polar surface area (TPSA) is 111 Å². The average Bonchev–Trinajstić information content (AvgIpc) is 2.85. The van der Waals surface area contributed by atoms with Gasteiger partial charge in [0.1, 0.15) is 17.9 Å². The van der Waals surface area contributed by atoms with Gasteiger partial charge in [-0.15, -0.1) is 0 Å². The van der Waals surface area contributed by atoms with Crippen LogP contribution in [0.15, 0.2) is 22.9 Å². The summed E-state index contributed by atoms with van der Waals surface area (Å²) in [6.07, 6.45) is 2.45. The molecule has 0 aromatic carbocycles. The van der Waals surface area contributed by atoms with Gasteiger partial charge in [0.2, 0.25) is 0 Å². The van der Waals surface area contributed by atoms with Gasteiger partial charge in [-0.2, -0.15) is 4.68 Å². The molecule has 0 bridgehead atoms. The van der Waals surface area contributed by atoms with Gasteiger partial charge in [-0.1, -0.05) is 11.6 Å². The zero-order valence-electron chi connectivity index (χ0n) is 8.74. The molecule has 1 N–H and O–H groups in total. The van der Waals surface area contributed by atoms with Crippen molar-refractivity contribution in [2.45, 2.75) is 6.54 Å². The van der Waals surface area contributed by atoms with E-state index in [0.29, 0.717) is 0 Å². The lowest BCUT2D eigenvalue weighted by Gasteiger charge is -1.95. The number of nitro groups is 1. The number of carbonyl (C=O) groups is 1. The van der Waals surface area contributed by atoms with Crippen molar-refractivity contribution < 1.29 is 19.2 Å². The molecule has 0 fully saturated rings. The van der Waals surface area contributed by atoms with Gasteiger partial charge in [0.05, 0.1) is 17.6 Å². The lowest BCUT2D eigenvalue weighted by Crippen LogP contribution is -2.05. The van der Waals surface area contributed by atoms with E-state index in [0.717, 1.165) is 4.68 Å². The molecule has 0 atom stereocenters. The Bertz CT molecular complexity index is 618. The number of aromatic nitrogens is 2. The van der Waals surface area contributed by atoms with E-state index in [-0.39, 0.29) is 22.9 Å². The van der Waals surface area contributed by atoms with Gasteiger partial charge >= 0.3 is 11.8 Å². The molecule has 0 saturated carbocycles. The number of furan rings is 1. The van der Waals surface area contributed by atoms with E-state index in [1.807, 2.05) is 0 Å². The Morgan fingerprint density at radius 2 is 2.39 bits per heavy atom. The number of nitrogens with zero attached hydrogens (tertiary/aromatic N) is 3. The van der Waals surface area contributed by atoms with Crippen LogP contribution in [0.2, 0.25) is 5.02 Å². The number of hydrogen-bond acceptors (Lipinski definition) is 5. The van der Waals surface area contributed by atoms with Crippen LogP contribution in [0, 0.1) is 10.1 Å². The minimum atomic E-state index is -1.15. The van der Waals surface area contributed by atoms with Gasteiger partial charge < -0.3 is 19.6 Å². The summed E-state index contributed by atoms with van der Waals surface area (Å²) < 4.78 is 6.13. The van der Waals surface area contributed by atoms with E-state index in [1.54, 1.807) is 0 Å². The van der Waals surface area contributed by atoms with Crippen molar-refractivity contribution in [3.63, 3.8) is 0 Å². The standard InChI is InChI=1S/C9H6ClN3O5/c10-6-3-12(11-8(6)13(16)17)4-7-5(9(14)15)1-2-18-7/h1-3H,4H2,(H,14,15). The summed E-state index contributed by atoms with van der Waals surface area (Å²) in [7, 11) is 0. The highest BCUT2D eigenvalue weighted by Gasteiger charge is 2.21. The van der Waals surface area contributed by atoms with Crippen LogP contribution < -0.4 is 0 Å². The van der Waals surface area contributed by atoms with Crippen molar-refractivity contribution in [3.05, 3.63) is 45.0 Å². The maximum atomic E-state index is 10.8. The molecule has 2 aromatic rings. The molecule has 0 aliphatic heterocycles. The molecule has 18 heavy (non-hydrogen) atoms. The highest BCUT2D eigenvalue weighted by atomic mass is 35.5. The third-order valence-electron chi connectivity index (χ3n) is 2.15. The lowest BCUT2D eigenvalue weighted by molar-refractivity contribution is -0.389. The Kier molecular flexibility index (Phi) is 3.02. The molecule has 0 unspecified atom stereocenters. The number of carboxylic acid groups (broad SMARTS) is 1. The van der Waals surface area contributed by atoms with Crippen molar-refractivity contribution in [2.75, 3.05) is 0 Å². The van der Waals surface area contributed by atoms with Crippen LogP contribution in [-0.2, 0) is 6.54 Å². The minimum Gasteiger partial charge on any atom is -0.478 e. The first-order chi connectivity index (χ1) is 8.49. The molecular formula is C9H6ClN3O5. The van der Waals surface area contributed by atoms with Crippen molar-refractivity contribution in [1.29, 1.82) is 0 Å². The predicted octanol–water partition coefficient (Wildman–Crippen LogP) is 1.78. The molecule has 2 rings (SSSR count). The third-order valence-corrected chi connectivity index (χ3v) is 2.42. The van der Waals surface area contributed by atoms with E-state index in [9.17, 15) is 14.9 Å². The second-order valence-electron chi connectivity index (χ2n) is 3.32. The molecule has 0 amide bonds. The molecule has 0 spiro atoms. The van der Waals surface area contributed by atoms with Gasteiger partial charge in [0, 0.05) is 0 Å². The van der Waals surface area contributed by atoms with E-state index in [1.165, 1.54) is 18.5 Å². The van der Waals surface area contributed by atoms with Crippen LogP contribution in [0.3, 0.4) is 0 Å². The van der Waals surface area contributed by atoms with E-state index in [2.05, 4.69) is 5.10 Å². The number of rotatable bonds is 4. The van der Waals surface area contributed by atoms with Gasteiger partial charge in [-0.05, 0) is 11.0 Å². The summed E-state index contributed by atoms with van der Waals surface area (Å²) >= 11 is 5.61. The summed E-state index contributed by atoms with van der Waals surface area (Å²) in [4.78, 5) is 20.6. The molecule has 94 valence electrons. The molecule has 2 aromatic heterocycles. The first-order valence-electron chi connectivity index (χ1n) is 4.66. The summed E-state index contributed by atoms with van der Waals surface area (Å²) in [6.45, 7) is -0.0534. The molecular weight excluding hydrogens is 266 g/mol. The molecule has 0 radical (unpaired) electrons. The molecule has 2 heterocycles. The summed E-state index contributed by atoms with van der Waals surface area (Å²) in [5.41, 5.74) is -0.0238. The minimum absolute atomic E-state index is 0.0238. The Hall–Kier alpha value is -2.35. The first-order valence-corrected chi connectivity index (χ1v) is 5.04. The first kappa shape index (κ1) is 12.1. The zero-order valence-corrected chi connectivity index (χ0v) is 9.49. The Labute approximate surface area is 105 Å². The highest BCUT2D eigenvalue weighted by molar-refractivity contribution is 6.32. The third kappa shape index (κ3) is 2.18. The largest absolute Gasteiger partial charge is 0.478 e. The van der Waals surface area contributed by atoms with Gasteiger partial charge in [-0.3, -0.25) is 0 Å². The average molecular weight is 272 g/mol. The van der Waals surface area contributed by atoms with Gasteiger partial charge in [0.25, 0.3) is 0 Å². The Morgan fingerprint density at radius 1 is 1.67 bits per heavy atom.